The number of nitrogen functional groups attached to an aromatic ring is 1. The number of aromatic nitrogens is 1. The van der Waals surface area contributed by atoms with Crippen LogP contribution in [0.5, 0.6) is 0 Å². The average molecular weight is 582 g/mol. The predicted molar refractivity (Wildman–Crippen MR) is 156 cm³/mol. The number of hydrogen-bond acceptors (Lipinski definition) is 5. The topological polar surface area (TPSA) is 88.6 Å². The molecule has 0 saturated carbocycles. The second kappa shape index (κ2) is 11.6. The molecule has 0 spiro atoms. The van der Waals surface area contributed by atoms with E-state index in [0.29, 0.717) is 17.7 Å². The van der Waals surface area contributed by atoms with Crippen molar-refractivity contribution in [3.05, 3.63) is 93.8 Å². The van der Waals surface area contributed by atoms with Gasteiger partial charge in [-0.05, 0) is 58.0 Å². The number of fused-ring (bicyclic) bond motifs is 2. The first-order valence-electron chi connectivity index (χ1n) is 13.5. The lowest BCUT2D eigenvalue weighted by molar-refractivity contribution is -0.141. The number of nitrogens with zero attached hydrogens (tertiary/aromatic N) is 2. The van der Waals surface area contributed by atoms with Gasteiger partial charge in [-0.15, -0.1) is 0 Å². The zero-order valence-corrected chi connectivity index (χ0v) is 23.3. The molecular formula is C31H30F3N3O3S. The predicted octanol–water partition coefficient (Wildman–Crippen LogP) is 7.00. The van der Waals surface area contributed by atoms with Crippen LogP contribution in [0, 0.1) is 0 Å². The van der Waals surface area contributed by atoms with Crippen molar-refractivity contribution in [3.63, 3.8) is 0 Å². The van der Waals surface area contributed by atoms with E-state index in [4.69, 9.17) is 5.73 Å². The average Bonchev–Trinajstić information content (AvgIpc) is 2.95. The third-order valence-corrected chi connectivity index (χ3v) is 8.60. The number of halogens is 3. The highest BCUT2D eigenvalue weighted by atomic mass is 32.2. The van der Waals surface area contributed by atoms with Crippen LogP contribution in [0.15, 0.2) is 76.6 Å². The van der Waals surface area contributed by atoms with E-state index in [1.165, 1.54) is 18.0 Å². The molecule has 2 heterocycles. The first-order valence-corrected chi connectivity index (χ1v) is 14.2. The summed E-state index contributed by atoms with van der Waals surface area (Å²) in [5, 5.41) is 12.3. The lowest BCUT2D eigenvalue weighted by Crippen LogP contribution is -2.43. The summed E-state index contributed by atoms with van der Waals surface area (Å²) in [6.45, 7) is 2.70. The number of anilines is 1. The van der Waals surface area contributed by atoms with Gasteiger partial charge in [0.1, 0.15) is 16.8 Å². The maximum absolute atomic E-state index is 13.8. The number of benzene rings is 3. The molecule has 3 N–H and O–H groups in total. The summed E-state index contributed by atoms with van der Waals surface area (Å²) in [5.41, 5.74) is 6.62. The van der Waals surface area contributed by atoms with Crippen LogP contribution in [0.4, 0.5) is 18.9 Å². The minimum atomic E-state index is -4.59. The zero-order valence-electron chi connectivity index (χ0n) is 22.4. The minimum Gasteiger partial charge on any atom is -0.480 e. The van der Waals surface area contributed by atoms with Crippen molar-refractivity contribution < 1.29 is 23.1 Å². The number of carboxylic acid groups (broad SMARTS) is 1. The van der Waals surface area contributed by atoms with Crippen LogP contribution >= 0.6 is 11.9 Å². The van der Waals surface area contributed by atoms with Crippen molar-refractivity contribution in [2.45, 2.75) is 49.9 Å². The quantitative estimate of drug-likeness (QED) is 0.172. The van der Waals surface area contributed by atoms with Crippen LogP contribution in [-0.2, 0) is 17.4 Å². The molecule has 6 nitrogen and oxygen atoms in total. The van der Waals surface area contributed by atoms with Gasteiger partial charge < -0.3 is 10.8 Å². The Morgan fingerprint density at radius 1 is 1.07 bits per heavy atom. The number of pyridine rings is 1. The summed E-state index contributed by atoms with van der Waals surface area (Å²) in [4.78, 5) is 26.2. The smallest absolute Gasteiger partial charge is 0.416 e. The number of carbonyl (C=O) groups is 1. The van der Waals surface area contributed by atoms with Crippen molar-refractivity contribution in [3.8, 4) is 11.1 Å². The van der Waals surface area contributed by atoms with E-state index in [2.05, 4.69) is 6.92 Å². The Bertz CT molecular complexity index is 1660. The molecule has 0 amide bonds. The van der Waals surface area contributed by atoms with Crippen LogP contribution in [0.2, 0.25) is 0 Å². The van der Waals surface area contributed by atoms with E-state index in [9.17, 15) is 27.9 Å². The number of nitrogens with two attached hydrogens (primary N) is 1. The summed E-state index contributed by atoms with van der Waals surface area (Å²) in [6.07, 6.45) is -1.69. The number of aliphatic carboxylic acids is 1. The summed E-state index contributed by atoms with van der Waals surface area (Å²) in [5.74, 6) is -1.20. The molecule has 1 aliphatic heterocycles. The minimum absolute atomic E-state index is 0.0702. The zero-order chi connectivity index (χ0) is 29.3. The fourth-order valence-electron chi connectivity index (χ4n) is 5.38. The normalized spacial score (nSPS) is 15.7. The molecule has 0 saturated heterocycles. The van der Waals surface area contributed by atoms with Gasteiger partial charge in [0.05, 0.1) is 5.56 Å². The summed E-state index contributed by atoms with van der Waals surface area (Å²) in [7, 11) is 0. The second-order valence-electron chi connectivity index (χ2n) is 10.2. The first kappa shape index (κ1) is 28.8. The van der Waals surface area contributed by atoms with E-state index in [1.807, 2.05) is 46.8 Å². The fourth-order valence-corrected chi connectivity index (χ4v) is 6.69. The van der Waals surface area contributed by atoms with Crippen LogP contribution in [-0.4, -0.2) is 33.0 Å². The van der Waals surface area contributed by atoms with E-state index in [-0.39, 0.29) is 29.2 Å². The number of unbranched alkanes of at least 4 members (excludes halogenated alkanes) is 2. The monoisotopic (exact) mass is 581 g/mol. The summed E-state index contributed by atoms with van der Waals surface area (Å²) < 4.78 is 44.5. The van der Waals surface area contributed by atoms with Crippen LogP contribution in [0.1, 0.15) is 48.9 Å². The first-order chi connectivity index (χ1) is 19.6. The SMILES string of the molecule is CCCCCN1CC(C(=O)O)n2c(c(-c3cccc(C(F)(F)F)c3)c(Cc3cccc4ccccc34)c(N)c2=O)S1. The Balaban J connectivity index is 1.78. The highest BCUT2D eigenvalue weighted by molar-refractivity contribution is 7.97. The maximum Gasteiger partial charge on any atom is 0.416 e. The van der Waals surface area contributed by atoms with Gasteiger partial charge >= 0.3 is 12.1 Å². The van der Waals surface area contributed by atoms with Crippen molar-refractivity contribution in [2.75, 3.05) is 18.8 Å². The Kier molecular flexibility index (Phi) is 8.15. The van der Waals surface area contributed by atoms with Gasteiger partial charge in [0.2, 0.25) is 0 Å². The molecule has 0 aliphatic carbocycles. The molecule has 10 heteroatoms. The Labute approximate surface area is 239 Å². The summed E-state index contributed by atoms with van der Waals surface area (Å²) in [6, 6.07) is 17.1. The molecule has 1 atom stereocenters. The largest absolute Gasteiger partial charge is 0.480 e. The number of carboxylic acids is 1. The third kappa shape index (κ3) is 5.71. The lowest BCUT2D eigenvalue weighted by Gasteiger charge is -2.35. The van der Waals surface area contributed by atoms with E-state index in [1.54, 1.807) is 6.07 Å². The van der Waals surface area contributed by atoms with Gasteiger partial charge in [0, 0.05) is 25.1 Å². The molecule has 5 rings (SSSR count). The second-order valence-corrected chi connectivity index (χ2v) is 11.3. The van der Waals surface area contributed by atoms with Gasteiger partial charge in [0.25, 0.3) is 5.56 Å². The van der Waals surface area contributed by atoms with Gasteiger partial charge in [-0.25, -0.2) is 9.10 Å². The molecule has 1 aromatic heterocycles. The summed E-state index contributed by atoms with van der Waals surface area (Å²) >= 11 is 1.21. The number of hydrogen-bond donors (Lipinski definition) is 2. The molecule has 4 aromatic rings. The van der Waals surface area contributed by atoms with Crippen molar-refractivity contribution in [2.24, 2.45) is 0 Å². The molecular weight excluding hydrogens is 551 g/mol. The van der Waals surface area contributed by atoms with Crippen molar-refractivity contribution in [1.29, 1.82) is 0 Å². The van der Waals surface area contributed by atoms with E-state index >= 15 is 0 Å². The molecule has 0 fully saturated rings. The van der Waals surface area contributed by atoms with Gasteiger partial charge in [-0.2, -0.15) is 13.2 Å². The molecule has 0 bridgehead atoms. The molecule has 0 radical (unpaired) electrons. The van der Waals surface area contributed by atoms with E-state index in [0.717, 1.165) is 52.3 Å². The maximum atomic E-state index is 13.8. The number of rotatable bonds is 8. The third-order valence-electron chi connectivity index (χ3n) is 7.43. The van der Waals surface area contributed by atoms with Gasteiger partial charge in [-0.1, -0.05) is 74.4 Å². The lowest BCUT2D eigenvalue weighted by atomic mass is 9.92. The van der Waals surface area contributed by atoms with E-state index < -0.39 is 29.3 Å². The molecule has 3 aromatic carbocycles. The molecule has 214 valence electrons. The van der Waals surface area contributed by atoms with Gasteiger partial charge in [-0.3, -0.25) is 9.36 Å². The number of alkyl halides is 3. The van der Waals surface area contributed by atoms with Gasteiger partial charge in [0.15, 0.2) is 0 Å². The molecule has 1 aliphatic rings. The van der Waals surface area contributed by atoms with Crippen LogP contribution in [0.3, 0.4) is 0 Å². The highest BCUT2D eigenvalue weighted by Gasteiger charge is 2.37. The standard InChI is InChI=1S/C31H30F3N3O3S/c1-2-3-6-15-36-18-25(30(39)40)37-28(38)27(35)24(17-20-11-7-10-19-9-4-5-14-23(19)20)26(29(37)41-36)21-12-8-13-22(16-21)31(32,33)34/h4-5,7-14,16,25H,2-3,6,15,17-18,35H2,1H3,(H,39,40). The highest BCUT2D eigenvalue weighted by Crippen LogP contribution is 2.44. The Hall–Kier alpha value is -3.76. The fraction of sp³-hybridized carbons (Fsp3) is 0.290. The molecule has 1 unspecified atom stereocenters. The van der Waals surface area contributed by atoms with Crippen molar-refractivity contribution >= 4 is 34.4 Å². The van der Waals surface area contributed by atoms with Crippen LogP contribution in [0.25, 0.3) is 21.9 Å². The Morgan fingerprint density at radius 2 is 1.80 bits per heavy atom. The van der Waals surface area contributed by atoms with Crippen molar-refractivity contribution in [1.82, 2.24) is 8.87 Å². The van der Waals surface area contributed by atoms with Crippen LogP contribution < -0.4 is 11.3 Å². The molecule has 41 heavy (non-hydrogen) atoms. The Morgan fingerprint density at radius 3 is 2.54 bits per heavy atom.